The van der Waals surface area contributed by atoms with Gasteiger partial charge in [0.1, 0.15) is 23.4 Å². The van der Waals surface area contributed by atoms with Gasteiger partial charge < -0.3 is 20.2 Å². The van der Waals surface area contributed by atoms with Crippen molar-refractivity contribution < 1.29 is 9.15 Å². The van der Waals surface area contributed by atoms with E-state index in [0.717, 1.165) is 80.0 Å². The van der Waals surface area contributed by atoms with Gasteiger partial charge in [0.05, 0.1) is 24.6 Å². The van der Waals surface area contributed by atoms with Gasteiger partial charge in [0.25, 0.3) is 6.01 Å². The number of oxazole rings is 1. The molecule has 39 heavy (non-hydrogen) atoms. The number of nitrogens with two attached hydrogens (primary N) is 1. The summed E-state index contributed by atoms with van der Waals surface area (Å²) in [6.07, 6.45) is 5.93. The molecule has 2 aliphatic rings. The van der Waals surface area contributed by atoms with Gasteiger partial charge in [-0.15, -0.1) is 0 Å². The van der Waals surface area contributed by atoms with Crippen molar-refractivity contribution in [2.45, 2.75) is 37.8 Å². The van der Waals surface area contributed by atoms with Crippen LogP contribution in [0.5, 0.6) is 0 Å². The molecule has 3 aromatic heterocycles. The predicted octanol–water partition coefficient (Wildman–Crippen LogP) is 5.43. The number of aromatic nitrogens is 5. The largest absolute Gasteiger partial charge is 0.423 e. The molecule has 200 valence electrons. The van der Waals surface area contributed by atoms with Crippen LogP contribution in [0.15, 0.2) is 53.2 Å². The molecule has 7 rings (SSSR count). The first-order chi connectivity index (χ1) is 19.1. The van der Waals surface area contributed by atoms with E-state index in [4.69, 9.17) is 31.6 Å². The van der Waals surface area contributed by atoms with Crippen LogP contribution in [0.2, 0.25) is 5.02 Å². The first kappa shape index (κ1) is 24.3. The van der Waals surface area contributed by atoms with E-state index in [-0.39, 0.29) is 6.04 Å². The minimum absolute atomic E-state index is 0.279. The van der Waals surface area contributed by atoms with Gasteiger partial charge in [-0.05, 0) is 56.0 Å². The van der Waals surface area contributed by atoms with Crippen LogP contribution in [0.1, 0.15) is 31.7 Å². The molecule has 3 N–H and O–H groups in total. The molecule has 0 atom stereocenters. The second-order valence-electron chi connectivity index (χ2n) is 10.2. The van der Waals surface area contributed by atoms with Crippen LogP contribution in [0.4, 0.5) is 17.5 Å². The minimum atomic E-state index is 0.279. The van der Waals surface area contributed by atoms with Gasteiger partial charge in [-0.3, -0.25) is 4.90 Å². The zero-order valence-corrected chi connectivity index (χ0v) is 22.1. The van der Waals surface area contributed by atoms with E-state index in [1.54, 1.807) is 12.1 Å². The van der Waals surface area contributed by atoms with E-state index in [1.807, 2.05) is 30.3 Å². The molecular weight excluding hydrogens is 516 g/mol. The molecule has 10 nitrogen and oxygen atoms in total. The highest BCUT2D eigenvalue weighted by Crippen LogP contribution is 2.37. The van der Waals surface area contributed by atoms with Crippen LogP contribution in [0.25, 0.3) is 33.4 Å². The summed E-state index contributed by atoms with van der Waals surface area (Å²) in [6, 6.07) is 14.6. The maximum Gasteiger partial charge on any atom is 0.300 e. The Kier molecular flexibility index (Phi) is 6.30. The number of nitrogens with zero attached hydrogens (tertiary/aromatic N) is 6. The molecule has 11 heteroatoms. The Morgan fingerprint density at radius 1 is 0.949 bits per heavy atom. The summed E-state index contributed by atoms with van der Waals surface area (Å²) in [7, 11) is 0. The number of benzene rings is 2. The smallest absolute Gasteiger partial charge is 0.300 e. The van der Waals surface area contributed by atoms with Gasteiger partial charge in [0, 0.05) is 35.4 Å². The van der Waals surface area contributed by atoms with Crippen LogP contribution < -0.4 is 11.1 Å². The van der Waals surface area contributed by atoms with Crippen LogP contribution in [0.3, 0.4) is 0 Å². The fourth-order valence-electron chi connectivity index (χ4n) is 5.85. The highest BCUT2D eigenvalue weighted by molar-refractivity contribution is 6.31. The summed E-state index contributed by atoms with van der Waals surface area (Å²) in [6.45, 7) is 3.72. The third-order valence-electron chi connectivity index (χ3n) is 7.85. The summed E-state index contributed by atoms with van der Waals surface area (Å²) in [4.78, 5) is 15.9. The summed E-state index contributed by atoms with van der Waals surface area (Å²) in [5.74, 6) is 0.440. The number of halogens is 1. The second kappa shape index (κ2) is 10.1. The predicted molar refractivity (Wildman–Crippen MR) is 151 cm³/mol. The van der Waals surface area contributed by atoms with E-state index in [0.29, 0.717) is 34.0 Å². The first-order valence-corrected chi connectivity index (χ1v) is 13.7. The molecule has 5 aromatic rings. The molecule has 2 fully saturated rings. The van der Waals surface area contributed by atoms with Gasteiger partial charge in [-0.2, -0.15) is 10.1 Å². The zero-order chi connectivity index (χ0) is 26.3. The number of nitrogens with one attached hydrogen (secondary N) is 1. The highest BCUT2D eigenvalue weighted by atomic mass is 35.5. The van der Waals surface area contributed by atoms with Crippen molar-refractivity contribution in [1.82, 2.24) is 29.6 Å². The lowest BCUT2D eigenvalue weighted by atomic mass is 9.90. The fraction of sp³-hybridized carbons (Fsp3) is 0.357. The first-order valence-electron chi connectivity index (χ1n) is 13.4. The van der Waals surface area contributed by atoms with E-state index in [2.05, 4.69) is 29.9 Å². The molecule has 0 radical (unpaired) electrons. The third kappa shape index (κ3) is 4.69. The zero-order valence-electron chi connectivity index (χ0n) is 21.4. The average molecular weight is 545 g/mol. The van der Waals surface area contributed by atoms with Crippen molar-refractivity contribution in [1.29, 1.82) is 0 Å². The number of fused-ring (bicyclic) bond motifs is 2. The lowest BCUT2D eigenvalue weighted by Crippen LogP contribution is -2.45. The van der Waals surface area contributed by atoms with Gasteiger partial charge in [-0.1, -0.05) is 23.7 Å². The van der Waals surface area contributed by atoms with Crippen molar-refractivity contribution in [3.8, 4) is 11.3 Å². The van der Waals surface area contributed by atoms with Crippen LogP contribution >= 0.6 is 11.6 Å². The van der Waals surface area contributed by atoms with Crippen LogP contribution in [-0.4, -0.2) is 62.0 Å². The maximum absolute atomic E-state index is 6.37. The van der Waals surface area contributed by atoms with Crippen LogP contribution in [-0.2, 0) is 4.74 Å². The van der Waals surface area contributed by atoms with E-state index < -0.39 is 0 Å². The number of hydrogen-bond acceptors (Lipinski definition) is 9. The van der Waals surface area contributed by atoms with Gasteiger partial charge in [-0.25, -0.2) is 14.6 Å². The van der Waals surface area contributed by atoms with Crippen LogP contribution in [0, 0.1) is 0 Å². The third-order valence-corrected chi connectivity index (χ3v) is 8.09. The normalized spacial score (nSPS) is 20.5. The molecule has 1 aliphatic heterocycles. The molecule has 1 saturated carbocycles. The van der Waals surface area contributed by atoms with E-state index in [9.17, 15) is 0 Å². The number of nitrogen functional groups attached to an aromatic ring is 1. The Labute approximate surface area is 230 Å². The van der Waals surface area contributed by atoms with Crippen molar-refractivity contribution in [2.24, 2.45) is 0 Å². The summed E-state index contributed by atoms with van der Waals surface area (Å²) < 4.78 is 13.4. The Morgan fingerprint density at radius 2 is 1.72 bits per heavy atom. The number of anilines is 3. The van der Waals surface area contributed by atoms with Crippen molar-refractivity contribution in [2.75, 3.05) is 37.4 Å². The molecule has 1 saturated heterocycles. The molecule has 0 amide bonds. The summed E-state index contributed by atoms with van der Waals surface area (Å²) in [5.41, 5.74) is 11.1. The highest BCUT2D eigenvalue weighted by Gasteiger charge is 2.30. The lowest BCUT2D eigenvalue weighted by Gasteiger charge is -2.38. The van der Waals surface area contributed by atoms with Gasteiger partial charge in [0.15, 0.2) is 11.2 Å². The van der Waals surface area contributed by atoms with E-state index in [1.165, 1.54) is 6.33 Å². The molecule has 4 heterocycles. The standard InChI is InChI=1S/C28H29ClN8O2/c29-18-3-10-23-22(15-18)34-28(39-23)33-19-4-1-17(2-5-19)25-24-26(30)31-16-32-27(24)37(35-25)21-8-6-20(7-9-21)36-11-13-38-14-12-36/h1-5,10,15-16,20-21H,6-9,11-14H2,(H,33,34)(H2,30,31,32)/t20-,21+. The maximum atomic E-state index is 6.37. The number of ether oxygens (including phenoxy) is 1. The average Bonchev–Trinajstić information content (AvgIpc) is 3.56. The SMILES string of the molecule is Nc1ncnc2c1c(-c1ccc(Nc3nc4cc(Cl)ccc4o3)cc1)nn2[C@H]1CC[C@@H](N2CCOCC2)CC1. The Bertz CT molecular complexity index is 1620. The fourth-order valence-corrected chi connectivity index (χ4v) is 6.02. The summed E-state index contributed by atoms with van der Waals surface area (Å²) >= 11 is 6.07. The number of hydrogen-bond donors (Lipinski definition) is 2. The molecule has 0 bridgehead atoms. The summed E-state index contributed by atoms with van der Waals surface area (Å²) in [5, 5.41) is 9.70. The minimum Gasteiger partial charge on any atom is -0.423 e. The lowest BCUT2D eigenvalue weighted by molar-refractivity contribution is 0.00520. The molecular formula is C28H29ClN8O2. The molecule has 0 unspecified atom stereocenters. The number of morpholine rings is 1. The van der Waals surface area contributed by atoms with Gasteiger partial charge >= 0.3 is 0 Å². The second-order valence-corrected chi connectivity index (χ2v) is 10.6. The monoisotopic (exact) mass is 544 g/mol. The molecule has 1 aliphatic carbocycles. The van der Waals surface area contributed by atoms with Crippen molar-refractivity contribution >= 4 is 51.3 Å². The Hall–Kier alpha value is -3.73. The quantitative estimate of drug-likeness (QED) is 0.298. The topological polar surface area (TPSA) is 120 Å². The van der Waals surface area contributed by atoms with E-state index >= 15 is 0 Å². The molecule has 0 spiro atoms. The van der Waals surface area contributed by atoms with Crippen molar-refractivity contribution in [3.05, 3.63) is 53.8 Å². The Morgan fingerprint density at radius 3 is 2.51 bits per heavy atom. The Balaban J connectivity index is 1.13. The molecule has 2 aromatic carbocycles. The van der Waals surface area contributed by atoms with Gasteiger partial charge in [0.2, 0.25) is 0 Å². The number of rotatable bonds is 5. The van der Waals surface area contributed by atoms with Crippen molar-refractivity contribution in [3.63, 3.8) is 0 Å².